The van der Waals surface area contributed by atoms with Crippen molar-refractivity contribution in [3.63, 3.8) is 0 Å². The molecule has 1 amide bonds. The van der Waals surface area contributed by atoms with E-state index in [0.717, 1.165) is 51.3 Å². The number of aryl methyl sites for hydroxylation is 1. The van der Waals surface area contributed by atoms with Crippen LogP contribution in [0.5, 0.6) is 0 Å². The van der Waals surface area contributed by atoms with E-state index in [0.29, 0.717) is 23.3 Å². The van der Waals surface area contributed by atoms with Gasteiger partial charge in [-0.2, -0.15) is 15.0 Å². The molecule has 2 aromatic rings. The van der Waals surface area contributed by atoms with Crippen LogP contribution in [0.1, 0.15) is 48.8 Å². The fourth-order valence-electron chi connectivity index (χ4n) is 3.86. The Balaban J connectivity index is 1.49. The van der Waals surface area contributed by atoms with Gasteiger partial charge in [-0.05, 0) is 32.0 Å². The standard InChI is InChI=1S/C21H30N8O/c1-3-17-24-20(27-21(26-17)29-12-10-28(2)11-13-29)25-18-14-15(8-9-22-18)19(30)23-16-6-4-5-7-16/h8-9,14,16H,3-7,10-13H2,1-2H3,(H,23,30)(H,22,24,25,26,27). The van der Waals surface area contributed by atoms with Crippen molar-refractivity contribution in [1.82, 2.24) is 30.2 Å². The Labute approximate surface area is 177 Å². The van der Waals surface area contributed by atoms with Gasteiger partial charge in [0.1, 0.15) is 11.6 Å². The summed E-state index contributed by atoms with van der Waals surface area (Å²) >= 11 is 0. The summed E-state index contributed by atoms with van der Waals surface area (Å²) in [5, 5.41) is 6.28. The van der Waals surface area contributed by atoms with E-state index in [9.17, 15) is 4.79 Å². The van der Waals surface area contributed by atoms with Gasteiger partial charge in [0, 0.05) is 50.4 Å². The van der Waals surface area contributed by atoms with Crippen molar-refractivity contribution in [1.29, 1.82) is 0 Å². The minimum Gasteiger partial charge on any atom is -0.349 e. The van der Waals surface area contributed by atoms with Gasteiger partial charge >= 0.3 is 0 Å². The van der Waals surface area contributed by atoms with Gasteiger partial charge in [0.2, 0.25) is 11.9 Å². The minimum absolute atomic E-state index is 0.0598. The van der Waals surface area contributed by atoms with Gasteiger partial charge in [-0.25, -0.2) is 4.98 Å². The van der Waals surface area contributed by atoms with Crippen LogP contribution >= 0.6 is 0 Å². The number of rotatable bonds is 6. The van der Waals surface area contributed by atoms with Crippen molar-refractivity contribution in [2.45, 2.75) is 45.1 Å². The maximum atomic E-state index is 12.6. The number of nitrogens with one attached hydrogen (secondary N) is 2. The summed E-state index contributed by atoms with van der Waals surface area (Å²) in [7, 11) is 2.12. The van der Waals surface area contributed by atoms with E-state index < -0.39 is 0 Å². The van der Waals surface area contributed by atoms with E-state index in [4.69, 9.17) is 0 Å². The Bertz CT molecular complexity index is 875. The number of carbonyl (C=O) groups excluding carboxylic acids is 1. The molecule has 1 aliphatic carbocycles. The van der Waals surface area contributed by atoms with Gasteiger partial charge in [0.25, 0.3) is 5.91 Å². The van der Waals surface area contributed by atoms with E-state index in [1.807, 2.05) is 6.92 Å². The average Bonchev–Trinajstić information content (AvgIpc) is 3.27. The fourth-order valence-corrected chi connectivity index (χ4v) is 3.86. The average molecular weight is 411 g/mol. The summed E-state index contributed by atoms with van der Waals surface area (Å²) in [5.41, 5.74) is 0.587. The van der Waals surface area contributed by atoms with Crippen LogP contribution in [-0.4, -0.2) is 70.0 Å². The van der Waals surface area contributed by atoms with E-state index >= 15 is 0 Å². The topological polar surface area (TPSA) is 99.2 Å². The molecule has 0 radical (unpaired) electrons. The third-order valence-corrected chi connectivity index (χ3v) is 5.72. The van der Waals surface area contributed by atoms with Gasteiger partial charge in [0.15, 0.2) is 0 Å². The van der Waals surface area contributed by atoms with Crippen LogP contribution in [0.3, 0.4) is 0 Å². The smallest absolute Gasteiger partial charge is 0.251 e. The van der Waals surface area contributed by atoms with Crippen molar-refractivity contribution >= 4 is 23.6 Å². The zero-order valence-corrected chi connectivity index (χ0v) is 17.8. The molecule has 2 N–H and O–H groups in total. The molecule has 0 aromatic carbocycles. The van der Waals surface area contributed by atoms with Crippen molar-refractivity contribution in [2.75, 3.05) is 43.4 Å². The molecule has 3 heterocycles. The number of anilines is 3. The molecular formula is C21H30N8O. The second kappa shape index (κ2) is 9.34. The SMILES string of the molecule is CCc1nc(Nc2cc(C(=O)NC3CCCC3)ccn2)nc(N2CCN(C)CC2)n1. The maximum Gasteiger partial charge on any atom is 0.251 e. The summed E-state index contributed by atoms with van der Waals surface area (Å²) in [5.74, 6) is 2.36. The number of carbonyl (C=O) groups is 1. The van der Waals surface area contributed by atoms with E-state index in [2.05, 4.69) is 47.4 Å². The molecule has 160 valence electrons. The molecular weight excluding hydrogens is 380 g/mol. The highest BCUT2D eigenvalue weighted by atomic mass is 16.1. The summed E-state index contributed by atoms with van der Waals surface area (Å²) in [6.07, 6.45) is 6.83. The zero-order chi connectivity index (χ0) is 20.9. The number of likely N-dealkylation sites (N-methyl/N-ethyl adjacent to an activating group) is 1. The number of piperazine rings is 1. The summed E-state index contributed by atoms with van der Waals surface area (Å²) in [6.45, 7) is 5.76. The van der Waals surface area contributed by atoms with E-state index in [-0.39, 0.29) is 11.9 Å². The van der Waals surface area contributed by atoms with Crippen molar-refractivity contribution in [3.05, 3.63) is 29.7 Å². The molecule has 0 spiro atoms. The van der Waals surface area contributed by atoms with Crippen LogP contribution < -0.4 is 15.5 Å². The third kappa shape index (κ3) is 5.02. The molecule has 0 atom stereocenters. The molecule has 2 aromatic heterocycles. The molecule has 2 aliphatic rings. The normalized spacial score (nSPS) is 17.9. The summed E-state index contributed by atoms with van der Waals surface area (Å²) < 4.78 is 0. The lowest BCUT2D eigenvalue weighted by molar-refractivity contribution is 0.0938. The molecule has 0 bridgehead atoms. The first-order chi connectivity index (χ1) is 14.6. The first kappa shape index (κ1) is 20.5. The lowest BCUT2D eigenvalue weighted by Gasteiger charge is -2.32. The highest BCUT2D eigenvalue weighted by molar-refractivity contribution is 5.95. The van der Waals surface area contributed by atoms with Crippen molar-refractivity contribution in [3.8, 4) is 0 Å². The number of amides is 1. The maximum absolute atomic E-state index is 12.6. The number of aromatic nitrogens is 4. The predicted octanol–water partition coefficient (Wildman–Crippen LogP) is 2.00. The molecule has 1 aliphatic heterocycles. The number of hydrogen-bond donors (Lipinski definition) is 2. The van der Waals surface area contributed by atoms with Crippen molar-refractivity contribution in [2.24, 2.45) is 0 Å². The first-order valence-corrected chi connectivity index (χ1v) is 10.8. The molecule has 2 fully saturated rings. The quantitative estimate of drug-likeness (QED) is 0.746. The van der Waals surface area contributed by atoms with Crippen LogP contribution in [0.15, 0.2) is 18.3 Å². The molecule has 0 unspecified atom stereocenters. The first-order valence-electron chi connectivity index (χ1n) is 10.8. The number of hydrogen-bond acceptors (Lipinski definition) is 8. The Morgan fingerprint density at radius 2 is 1.90 bits per heavy atom. The third-order valence-electron chi connectivity index (χ3n) is 5.72. The molecule has 1 saturated heterocycles. The molecule has 1 saturated carbocycles. The molecule has 30 heavy (non-hydrogen) atoms. The summed E-state index contributed by atoms with van der Waals surface area (Å²) in [4.78, 5) is 35.1. The fraction of sp³-hybridized carbons (Fsp3) is 0.571. The number of pyridine rings is 1. The highest BCUT2D eigenvalue weighted by Crippen LogP contribution is 2.20. The molecule has 9 nitrogen and oxygen atoms in total. The van der Waals surface area contributed by atoms with Crippen LogP contribution in [0.25, 0.3) is 0 Å². The molecule has 4 rings (SSSR count). The largest absolute Gasteiger partial charge is 0.349 e. The zero-order valence-electron chi connectivity index (χ0n) is 17.8. The lowest BCUT2D eigenvalue weighted by atomic mass is 10.2. The van der Waals surface area contributed by atoms with Crippen LogP contribution in [0.2, 0.25) is 0 Å². The van der Waals surface area contributed by atoms with Gasteiger partial charge in [-0.15, -0.1) is 0 Å². The van der Waals surface area contributed by atoms with Gasteiger partial charge in [0.05, 0.1) is 0 Å². The monoisotopic (exact) mass is 410 g/mol. The Morgan fingerprint density at radius 1 is 1.13 bits per heavy atom. The Morgan fingerprint density at radius 3 is 2.63 bits per heavy atom. The number of nitrogens with zero attached hydrogens (tertiary/aromatic N) is 6. The predicted molar refractivity (Wildman–Crippen MR) is 116 cm³/mol. The Kier molecular flexibility index (Phi) is 6.37. The van der Waals surface area contributed by atoms with Crippen LogP contribution in [0.4, 0.5) is 17.7 Å². The second-order valence-electron chi connectivity index (χ2n) is 8.03. The van der Waals surface area contributed by atoms with Gasteiger partial charge < -0.3 is 20.4 Å². The van der Waals surface area contributed by atoms with Gasteiger partial charge in [-0.1, -0.05) is 19.8 Å². The highest BCUT2D eigenvalue weighted by Gasteiger charge is 2.20. The van der Waals surface area contributed by atoms with E-state index in [1.165, 1.54) is 12.8 Å². The van der Waals surface area contributed by atoms with Crippen LogP contribution in [0, 0.1) is 0 Å². The van der Waals surface area contributed by atoms with E-state index in [1.54, 1.807) is 18.3 Å². The van der Waals surface area contributed by atoms with Crippen molar-refractivity contribution < 1.29 is 4.79 Å². The van der Waals surface area contributed by atoms with Crippen LogP contribution in [-0.2, 0) is 6.42 Å². The summed E-state index contributed by atoms with van der Waals surface area (Å²) in [6, 6.07) is 3.76. The lowest BCUT2D eigenvalue weighted by Crippen LogP contribution is -2.45. The van der Waals surface area contributed by atoms with Gasteiger partial charge in [-0.3, -0.25) is 4.79 Å². The molecule has 9 heteroatoms. The minimum atomic E-state index is -0.0598. The second-order valence-corrected chi connectivity index (χ2v) is 8.03. The Hall–Kier alpha value is -2.81.